The van der Waals surface area contributed by atoms with E-state index in [1.54, 1.807) is 0 Å². The maximum Gasteiger partial charge on any atom is 0.227 e. The normalized spacial score (nSPS) is 11.0. The van der Waals surface area contributed by atoms with E-state index < -0.39 is 0 Å². The SMILES string of the molecule is Cc1nc(NC(=O)CCn2ccc3ccccc32)sc1C. The molecule has 5 heteroatoms. The van der Waals surface area contributed by atoms with Gasteiger partial charge in [0.15, 0.2) is 5.13 Å². The number of hydrogen-bond acceptors (Lipinski definition) is 3. The summed E-state index contributed by atoms with van der Waals surface area (Å²) in [7, 11) is 0. The Kier molecular flexibility index (Phi) is 3.75. The average Bonchev–Trinajstić information content (AvgIpc) is 3.01. The number of hydrogen-bond donors (Lipinski definition) is 1. The molecular weight excluding hydrogens is 282 g/mol. The van der Waals surface area contributed by atoms with Crippen LogP contribution in [0.5, 0.6) is 0 Å². The van der Waals surface area contributed by atoms with Gasteiger partial charge < -0.3 is 9.88 Å². The average molecular weight is 299 g/mol. The fraction of sp³-hybridized carbons (Fsp3) is 0.250. The molecule has 2 aromatic heterocycles. The molecule has 0 radical (unpaired) electrons. The van der Waals surface area contributed by atoms with Gasteiger partial charge in [0.25, 0.3) is 0 Å². The lowest BCUT2D eigenvalue weighted by molar-refractivity contribution is -0.116. The second-order valence-electron chi connectivity index (χ2n) is 5.03. The standard InChI is InChI=1S/C16H17N3OS/c1-11-12(2)21-16(17-11)18-15(20)8-10-19-9-7-13-5-3-4-6-14(13)19/h3-7,9H,8,10H2,1-2H3,(H,17,18,20). The third-order valence-electron chi connectivity index (χ3n) is 3.53. The van der Waals surface area contributed by atoms with Crippen LogP contribution in [-0.4, -0.2) is 15.5 Å². The number of aromatic nitrogens is 2. The van der Waals surface area contributed by atoms with Gasteiger partial charge in [-0.2, -0.15) is 0 Å². The predicted octanol–water partition coefficient (Wildman–Crippen LogP) is 3.74. The minimum absolute atomic E-state index is 0.00142. The fourth-order valence-corrected chi connectivity index (χ4v) is 3.10. The van der Waals surface area contributed by atoms with Gasteiger partial charge in [0.1, 0.15) is 0 Å². The number of carbonyl (C=O) groups is 1. The molecular formula is C16H17N3OS. The molecule has 0 saturated carbocycles. The van der Waals surface area contributed by atoms with Crippen molar-refractivity contribution in [2.75, 3.05) is 5.32 Å². The summed E-state index contributed by atoms with van der Waals surface area (Å²) in [6.45, 7) is 4.63. The number of rotatable bonds is 4. The molecule has 0 unspecified atom stereocenters. The Hall–Kier alpha value is -2.14. The van der Waals surface area contributed by atoms with Crippen LogP contribution in [0.4, 0.5) is 5.13 Å². The highest BCUT2D eigenvalue weighted by Crippen LogP contribution is 2.21. The molecule has 0 aliphatic carbocycles. The number of benzene rings is 1. The predicted molar refractivity (Wildman–Crippen MR) is 86.8 cm³/mol. The summed E-state index contributed by atoms with van der Waals surface area (Å²) < 4.78 is 2.10. The van der Waals surface area contributed by atoms with E-state index in [-0.39, 0.29) is 5.91 Å². The molecule has 21 heavy (non-hydrogen) atoms. The van der Waals surface area contributed by atoms with E-state index in [1.165, 1.54) is 16.7 Å². The molecule has 0 spiro atoms. The van der Waals surface area contributed by atoms with Gasteiger partial charge in [-0.15, -0.1) is 11.3 Å². The molecule has 0 aliphatic heterocycles. The molecule has 1 amide bonds. The summed E-state index contributed by atoms with van der Waals surface area (Å²) in [5, 5.41) is 4.75. The molecule has 0 saturated heterocycles. The Morgan fingerprint density at radius 2 is 2.10 bits per heavy atom. The van der Waals surface area contributed by atoms with Crippen molar-refractivity contribution in [3.63, 3.8) is 0 Å². The van der Waals surface area contributed by atoms with Crippen LogP contribution in [0.1, 0.15) is 17.0 Å². The van der Waals surface area contributed by atoms with E-state index in [1.807, 2.05) is 32.2 Å². The Labute approximate surface area is 127 Å². The molecule has 108 valence electrons. The number of fused-ring (bicyclic) bond motifs is 1. The summed E-state index contributed by atoms with van der Waals surface area (Å²) >= 11 is 1.52. The molecule has 3 rings (SSSR count). The van der Waals surface area contributed by atoms with Crippen LogP contribution in [0.25, 0.3) is 10.9 Å². The maximum atomic E-state index is 12.0. The van der Waals surface area contributed by atoms with Crippen molar-refractivity contribution in [1.29, 1.82) is 0 Å². The quantitative estimate of drug-likeness (QED) is 0.797. The Morgan fingerprint density at radius 3 is 2.86 bits per heavy atom. The lowest BCUT2D eigenvalue weighted by atomic mass is 10.2. The van der Waals surface area contributed by atoms with Gasteiger partial charge in [-0.1, -0.05) is 18.2 Å². The van der Waals surface area contributed by atoms with Crippen LogP contribution in [0.2, 0.25) is 0 Å². The first-order chi connectivity index (χ1) is 10.1. The van der Waals surface area contributed by atoms with Crippen LogP contribution >= 0.6 is 11.3 Å². The molecule has 0 fully saturated rings. The summed E-state index contributed by atoms with van der Waals surface area (Å²) in [5.41, 5.74) is 2.14. The highest BCUT2D eigenvalue weighted by Gasteiger charge is 2.08. The smallest absolute Gasteiger partial charge is 0.227 e. The second kappa shape index (κ2) is 5.69. The van der Waals surface area contributed by atoms with Crippen molar-refractivity contribution in [2.45, 2.75) is 26.8 Å². The Balaban J connectivity index is 1.63. The lowest BCUT2D eigenvalue weighted by Crippen LogP contribution is -2.14. The minimum Gasteiger partial charge on any atom is -0.347 e. The lowest BCUT2D eigenvalue weighted by Gasteiger charge is -2.05. The summed E-state index contributed by atoms with van der Waals surface area (Å²) in [5.74, 6) is 0.00142. The van der Waals surface area contributed by atoms with E-state index in [4.69, 9.17) is 0 Å². The molecule has 3 aromatic rings. The van der Waals surface area contributed by atoms with Gasteiger partial charge in [-0.25, -0.2) is 4.98 Å². The van der Waals surface area contributed by atoms with Crippen molar-refractivity contribution >= 4 is 33.3 Å². The van der Waals surface area contributed by atoms with E-state index in [2.05, 4.69) is 33.1 Å². The number of carbonyl (C=O) groups excluding carboxylic acids is 1. The van der Waals surface area contributed by atoms with Crippen LogP contribution in [0, 0.1) is 13.8 Å². The zero-order chi connectivity index (χ0) is 14.8. The molecule has 2 heterocycles. The highest BCUT2D eigenvalue weighted by atomic mass is 32.1. The molecule has 4 nitrogen and oxygen atoms in total. The van der Waals surface area contributed by atoms with Gasteiger partial charge in [0, 0.05) is 29.6 Å². The number of para-hydroxylation sites is 1. The number of nitrogens with zero attached hydrogens (tertiary/aromatic N) is 2. The number of thiazole rings is 1. The zero-order valence-corrected chi connectivity index (χ0v) is 12.9. The topological polar surface area (TPSA) is 46.9 Å². The number of nitrogens with one attached hydrogen (secondary N) is 1. The first kappa shape index (κ1) is 13.8. The van der Waals surface area contributed by atoms with Gasteiger partial charge in [0.05, 0.1) is 5.69 Å². The van der Waals surface area contributed by atoms with E-state index in [9.17, 15) is 4.79 Å². The Morgan fingerprint density at radius 1 is 1.29 bits per heavy atom. The molecule has 0 atom stereocenters. The highest BCUT2D eigenvalue weighted by molar-refractivity contribution is 7.15. The monoisotopic (exact) mass is 299 g/mol. The van der Waals surface area contributed by atoms with Crippen LogP contribution in [0.15, 0.2) is 36.5 Å². The number of amides is 1. The Bertz CT molecular complexity index is 768. The third kappa shape index (κ3) is 2.97. The van der Waals surface area contributed by atoms with Crippen LogP contribution < -0.4 is 5.32 Å². The second-order valence-corrected chi connectivity index (χ2v) is 6.23. The largest absolute Gasteiger partial charge is 0.347 e. The van der Waals surface area contributed by atoms with Gasteiger partial charge in [0.2, 0.25) is 5.91 Å². The maximum absolute atomic E-state index is 12.0. The minimum atomic E-state index is 0.00142. The first-order valence-electron chi connectivity index (χ1n) is 6.91. The fourth-order valence-electron chi connectivity index (χ4n) is 2.27. The van der Waals surface area contributed by atoms with Crippen molar-refractivity contribution in [2.24, 2.45) is 0 Å². The van der Waals surface area contributed by atoms with Crippen molar-refractivity contribution in [3.05, 3.63) is 47.1 Å². The summed E-state index contributed by atoms with van der Waals surface area (Å²) in [6, 6.07) is 10.3. The zero-order valence-electron chi connectivity index (χ0n) is 12.1. The molecule has 1 aromatic carbocycles. The van der Waals surface area contributed by atoms with E-state index in [0.29, 0.717) is 18.1 Å². The summed E-state index contributed by atoms with van der Waals surface area (Å²) in [6.07, 6.45) is 2.46. The van der Waals surface area contributed by atoms with Crippen LogP contribution in [0.3, 0.4) is 0 Å². The number of aryl methyl sites for hydroxylation is 3. The van der Waals surface area contributed by atoms with Gasteiger partial charge in [-0.3, -0.25) is 4.79 Å². The van der Waals surface area contributed by atoms with E-state index in [0.717, 1.165) is 16.1 Å². The van der Waals surface area contributed by atoms with Crippen molar-refractivity contribution in [1.82, 2.24) is 9.55 Å². The van der Waals surface area contributed by atoms with Crippen LogP contribution in [-0.2, 0) is 11.3 Å². The molecule has 1 N–H and O–H groups in total. The first-order valence-corrected chi connectivity index (χ1v) is 7.73. The number of anilines is 1. The van der Waals surface area contributed by atoms with E-state index >= 15 is 0 Å². The summed E-state index contributed by atoms with van der Waals surface area (Å²) in [4.78, 5) is 17.5. The van der Waals surface area contributed by atoms with Crippen molar-refractivity contribution < 1.29 is 4.79 Å². The third-order valence-corrected chi connectivity index (χ3v) is 4.52. The van der Waals surface area contributed by atoms with Gasteiger partial charge >= 0.3 is 0 Å². The van der Waals surface area contributed by atoms with Gasteiger partial charge in [-0.05, 0) is 31.4 Å². The van der Waals surface area contributed by atoms with Crippen molar-refractivity contribution in [3.8, 4) is 0 Å². The molecule has 0 bridgehead atoms. The molecule has 0 aliphatic rings.